The van der Waals surface area contributed by atoms with E-state index in [9.17, 15) is 19.5 Å². The Labute approximate surface area is 159 Å². The molecular weight excluding hydrogens is 366 g/mol. The van der Waals surface area contributed by atoms with Crippen molar-refractivity contribution < 1.29 is 19.5 Å². The van der Waals surface area contributed by atoms with Crippen LogP contribution in [0.3, 0.4) is 0 Å². The second-order valence-electron chi connectivity index (χ2n) is 7.36. The van der Waals surface area contributed by atoms with Gasteiger partial charge in [0.05, 0.1) is 12.6 Å². The summed E-state index contributed by atoms with van der Waals surface area (Å²) in [6, 6.07) is 3.56. The number of β-lactam (4-membered cyclic amide) rings is 1. The largest absolute Gasteiger partial charge is 0.477 e. The molecular formula is C19H19N3O4S. The van der Waals surface area contributed by atoms with Crippen LogP contribution in [0.5, 0.6) is 0 Å². The molecule has 140 valence electrons. The summed E-state index contributed by atoms with van der Waals surface area (Å²) in [6.07, 6.45) is 3.14. The van der Waals surface area contributed by atoms with Crippen LogP contribution in [-0.4, -0.2) is 57.9 Å². The molecule has 1 aromatic rings. The Hall–Kier alpha value is -2.45. The maximum absolute atomic E-state index is 12.8. The molecule has 2 N–H and O–H groups in total. The first kappa shape index (κ1) is 16.7. The Morgan fingerprint density at radius 1 is 1.41 bits per heavy atom. The SMILES string of the molecule is O=C(O)C1=C(/C=C2\CCN(Cc3cccs3)C2=O)C2CCN[C@@H]3C(=O)N1[C@H]23. The van der Waals surface area contributed by atoms with E-state index in [1.807, 2.05) is 17.5 Å². The summed E-state index contributed by atoms with van der Waals surface area (Å²) in [5, 5.41) is 14.9. The number of likely N-dealkylation sites (tertiary alicyclic amines) is 1. The van der Waals surface area contributed by atoms with E-state index in [4.69, 9.17) is 0 Å². The minimum Gasteiger partial charge on any atom is -0.477 e. The molecule has 0 aromatic carbocycles. The number of nitrogens with one attached hydrogen (secondary N) is 1. The summed E-state index contributed by atoms with van der Waals surface area (Å²) in [5.41, 5.74) is 1.35. The van der Waals surface area contributed by atoms with Crippen molar-refractivity contribution in [2.24, 2.45) is 5.92 Å². The van der Waals surface area contributed by atoms with E-state index >= 15 is 0 Å². The molecule has 4 aliphatic heterocycles. The third-order valence-electron chi connectivity index (χ3n) is 5.96. The first-order valence-corrected chi connectivity index (χ1v) is 10.0. The predicted octanol–water partition coefficient (Wildman–Crippen LogP) is 0.948. The van der Waals surface area contributed by atoms with Crippen molar-refractivity contribution in [3.63, 3.8) is 0 Å². The van der Waals surface area contributed by atoms with Crippen LogP contribution in [0.15, 0.2) is 40.4 Å². The fraction of sp³-hybridized carbons (Fsp3) is 0.421. The van der Waals surface area contributed by atoms with Crippen molar-refractivity contribution in [2.75, 3.05) is 13.1 Å². The number of amides is 2. The summed E-state index contributed by atoms with van der Waals surface area (Å²) in [5.74, 6) is -1.31. The molecule has 5 heterocycles. The summed E-state index contributed by atoms with van der Waals surface area (Å²) in [6.45, 7) is 1.91. The van der Waals surface area contributed by atoms with Crippen LogP contribution in [-0.2, 0) is 20.9 Å². The molecule has 5 rings (SSSR count). The molecule has 3 fully saturated rings. The number of hydrogen-bond donors (Lipinski definition) is 2. The zero-order chi connectivity index (χ0) is 18.7. The lowest BCUT2D eigenvalue weighted by Crippen LogP contribution is -2.71. The smallest absolute Gasteiger partial charge is 0.352 e. The van der Waals surface area contributed by atoms with Gasteiger partial charge in [-0.05, 0) is 42.5 Å². The van der Waals surface area contributed by atoms with Gasteiger partial charge in [0.15, 0.2) is 0 Å². The van der Waals surface area contributed by atoms with Crippen LogP contribution in [0.2, 0.25) is 0 Å². The van der Waals surface area contributed by atoms with E-state index in [0.29, 0.717) is 37.2 Å². The molecule has 2 amide bonds. The van der Waals surface area contributed by atoms with Gasteiger partial charge in [-0.25, -0.2) is 4.79 Å². The highest BCUT2D eigenvalue weighted by Gasteiger charge is 2.60. The number of aliphatic carboxylic acids is 1. The van der Waals surface area contributed by atoms with Gasteiger partial charge in [0.1, 0.15) is 11.7 Å². The first-order chi connectivity index (χ1) is 13.1. The quantitative estimate of drug-likeness (QED) is 0.595. The summed E-state index contributed by atoms with van der Waals surface area (Å²) in [4.78, 5) is 41.4. The number of nitrogens with zero attached hydrogens (tertiary/aromatic N) is 2. The third kappa shape index (κ3) is 2.40. The van der Waals surface area contributed by atoms with E-state index in [2.05, 4.69) is 5.32 Å². The number of piperidine rings is 1. The second-order valence-corrected chi connectivity index (χ2v) is 8.39. The van der Waals surface area contributed by atoms with E-state index in [-0.39, 0.29) is 35.5 Å². The number of hydrogen-bond acceptors (Lipinski definition) is 5. The van der Waals surface area contributed by atoms with Crippen LogP contribution in [0.4, 0.5) is 0 Å². The average molecular weight is 385 g/mol. The molecule has 7 nitrogen and oxygen atoms in total. The average Bonchev–Trinajstić information content (AvgIpc) is 3.35. The van der Waals surface area contributed by atoms with Gasteiger partial charge in [0.2, 0.25) is 11.8 Å². The summed E-state index contributed by atoms with van der Waals surface area (Å²) < 4.78 is 0. The molecule has 0 radical (unpaired) electrons. The lowest BCUT2D eigenvalue weighted by molar-refractivity contribution is -0.154. The number of rotatable bonds is 4. The van der Waals surface area contributed by atoms with E-state index in [0.717, 1.165) is 11.3 Å². The Morgan fingerprint density at radius 2 is 2.26 bits per heavy atom. The Morgan fingerprint density at radius 3 is 3.00 bits per heavy atom. The predicted molar refractivity (Wildman–Crippen MR) is 97.6 cm³/mol. The van der Waals surface area contributed by atoms with Crippen molar-refractivity contribution in [3.8, 4) is 0 Å². The van der Waals surface area contributed by atoms with Crippen molar-refractivity contribution in [1.29, 1.82) is 0 Å². The van der Waals surface area contributed by atoms with Gasteiger partial charge < -0.3 is 15.3 Å². The molecule has 3 saturated heterocycles. The van der Waals surface area contributed by atoms with Gasteiger partial charge >= 0.3 is 5.97 Å². The second kappa shape index (κ2) is 6.03. The third-order valence-corrected chi connectivity index (χ3v) is 6.82. The molecule has 0 bridgehead atoms. The van der Waals surface area contributed by atoms with Crippen LogP contribution >= 0.6 is 11.3 Å². The highest BCUT2D eigenvalue weighted by molar-refractivity contribution is 7.09. The van der Waals surface area contributed by atoms with E-state index in [1.54, 1.807) is 22.3 Å². The maximum Gasteiger partial charge on any atom is 0.352 e. The highest BCUT2D eigenvalue weighted by atomic mass is 32.1. The molecule has 1 unspecified atom stereocenters. The summed E-state index contributed by atoms with van der Waals surface area (Å²) >= 11 is 1.62. The fourth-order valence-corrected chi connectivity index (χ4v) is 5.46. The van der Waals surface area contributed by atoms with Crippen molar-refractivity contribution >= 4 is 29.1 Å². The minimum absolute atomic E-state index is 0.00769. The van der Waals surface area contributed by atoms with Gasteiger partial charge in [0, 0.05) is 22.9 Å². The molecule has 27 heavy (non-hydrogen) atoms. The lowest BCUT2D eigenvalue weighted by Gasteiger charge is -2.48. The van der Waals surface area contributed by atoms with E-state index in [1.165, 1.54) is 4.90 Å². The van der Waals surface area contributed by atoms with Gasteiger partial charge in [-0.1, -0.05) is 6.07 Å². The van der Waals surface area contributed by atoms with Gasteiger partial charge in [-0.3, -0.25) is 14.5 Å². The van der Waals surface area contributed by atoms with Crippen LogP contribution in [0.25, 0.3) is 0 Å². The zero-order valence-corrected chi connectivity index (χ0v) is 15.4. The minimum atomic E-state index is -1.09. The highest BCUT2D eigenvalue weighted by Crippen LogP contribution is 2.47. The molecule has 4 aliphatic rings. The van der Waals surface area contributed by atoms with Gasteiger partial charge in [0.25, 0.3) is 0 Å². The van der Waals surface area contributed by atoms with Crippen LogP contribution in [0, 0.1) is 5.92 Å². The van der Waals surface area contributed by atoms with Gasteiger partial charge in [-0.2, -0.15) is 0 Å². The normalized spacial score (nSPS) is 31.0. The molecule has 1 aromatic heterocycles. The maximum atomic E-state index is 12.8. The van der Waals surface area contributed by atoms with Gasteiger partial charge in [-0.15, -0.1) is 11.3 Å². The number of carboxylic acids is 1. The Balaban J connectivity index is 1.46. The Kier molecular flexibility index (Phi) is 3.73. The standard InChI is InChI=1S/C19H19N3O4S/c23-17-10(4-6-21(17)9-11-2-1-7-27-11)8-13-12-3-5-20-14-15(12)22(18(14)24)16(13)19(25)26/h1-2,7-8,12,14-15,20H,3-6,9H2,(H,25,26)/b10-8+/t12?,14-,15+/m0/s1. The van der Waals surface area contributed by atoms with Crippen LogP contribution < -0.4 is 5.32 Å². The molecule has 0 saturated carbocycles. The number of carbonyl (C=O) groups excluding carboxylic acids is 2. The number of allylic oxidation sites excluding steroid dienone is 1. The zero-order valence-electron chi connectivity index (χ0n) is 14.6. The molecule has 0 aliphatic carbocycles. The number of carbonyl (C=O) groups is 3. The number of carboxylic acid groups (broad SMARTS) is 1. The first-order valence-electron chi connectivity index (χ1n) is 9.12. The van der Waals surface area contributed by atoms with Crippen molar-refractivity contribution in [2.45, 2.75) is 31.5 Å². The molecule has 3 atom stereocenters. The van der Waals surface area contributed by atoms with Crippen LogP contribution in [0.1, 0.15) is 17.7 Å². The van der Waals surface area contributed by atoms with Crippen molar-refractivity contribution in [1.82, 2.24) is 15.1 Å². The fourth-order valence-electron chi connectivity index (χ4n) is 4.74. The molecule has 0 spiro atoms. The molecule has 8 heteroatoms. The van der Waals surface area contributed by atoms with E-state index < -0.39 is 5.97 Å². The monoisotopic (exact) mass is 385 g/mol. The Bertz CT molecular complexity index is 904. The van der Waals surface area contributed by atoms with Crippen molar-refractivity contribution in [3.05, 3.63) is 45.3 Å². The topological polar surface area (TPSA) is 90.0 Å². The lowest BCUT2D eigenvalue weighted by atomic mass is 9.79. The number of thiophene rings is 1. The summed E-state index contributed by atoms with van der Waals surface area (Å²) in [7, 11) is 0.